The van der Waals surface area contributed by atoms with E-state index in [1.54, 1.807) is 54.3 Å². The monoisotopic (exact) mass is 505 g/mol. The highest BCUT2D eigenvalue weighted by molar-refractivity contribution is 7.45. The van der Waals surface area contributed by atoms with Gasteiger partial charge >= 0.3 is 0 Å². The van der Waals surface area contributed by atoms with Crippen molar-refractivity contribution >= 4 is 36.8 Å². The Morgan fingerprint density at radius 2 is 1.83 bits per heavy atom. The maximum absolute atomic E-state index is 13.2. The van der Waals surface area contributed by atoms with Crippen LogP contribution in [-0.4, -0.2) is 40.6 Å². The molecule has 3 rings (SSSR count). The number of allylic oxidation sites excluding steroid dienone is 1. The zero-order valence-corrected chi connectivity index (χ0v) is 21.2. The maximum atomic E-state index is 13.2. The first-order valence-electron chi connectivity index (χ1n) is 11.5. The lowest BCUT2D eigenvalue weighted by Gasteiger charge is -2.06. The molecule has 36 heavy (non-hydrogen) atoms. The van der Waals surface area contributed by atoms with E-state index >= 15 is 0 Å². The topological polar surface area (TPSA) is 128 Å². The minimum absolute atomic E-state index is 0.104. The van der Waals surface area contributed by atoms with Crippen LogP contribution in [0.2, 0.25) is 0 Å². The van der Waals surface area contributed by atoms with E-state index in [1.807, 2.05) is 6.07 Å². The Kier molecular flexibility index (Phi) is 9.61. The standard InChI is InChI=1S/C27H28N3O5P/c1-34-22-9-10-23-24(21(17-29)14-20-13-19(16-28)8-11-26(20)35-2)18-30(25(23)15-22)27(31)7-5-3-4-6-12-36(32)33/h8-11,13-15,18,32-33H,3-7,12H2,1-2H3/b21-14+. The highest BCUT2D eigenvalue weighted by Gasteiger charge is 2.18. The molecule has 0 aliphatic carbocycles. The Balaban J connectivity index is 1.97. The molecular formula is C27H28N3O5P. The Bertz CT molecular complexity index is 1350. The molecule has 8 nitrogen and oxygen atoms in total. The summed E-state index contributed by atoms with van der Waals surface area (Å²) in [6, 6.07) is 14.7. The average molecular weight is 506 g/mol. The van der Waals surface area contributed by atoms with Gasteiger partial charge in [-0.25, -0.2) is 0 Å². The summed E-state index contributed by atoms with van der Waals surface area (Å²) in [5.41, 5.74) is 2.58. The summed E-state index contributed by atoms with van der Waals surface area (Å²) in [6.45, 7) is 0. The second kappa shape index (κ2) is 12.9. The molecule has 0 bridgehead atoms. The van der Waals surface area contributed by atoms with Crippen LogP contribution in [-0.2, 0) is 0 Å². The summed E-state index contributed by atoms with van der Waals surface area (Å²) >= 11 is 0. The summed E-state index contributed by atoms with van der Waals surface area (Å²) in [5, 5.41) is 20.0. The number of nitriles is 2. The number of benzene rings is 2. The van der Waals surface area contributed by atoms with Crippen molar-refractivity contribution in [2.24, 2.45) is 0 Å². The molecule has 3 aromatic rings. The van der Waals surface area contributed by atoms with Gasteiger partial charge in [0.15, 0.2) is 8.38 Å². The van der Waals surface area contributed by atoms with Gasteiger partial charge in [0.2, 0.25) is 5.91 Å². The number of hydrogen-bond acceptors (Lipinski definition) is 7. The number of hydrogen-bond donors (Lipinski definition) is 2. The number of rotatable bonds is 11. The van der Waals surface area contributed by atoms with Gasteiger partial charge in [-0.3, -0.25) is 9.36 Å². The number of unbranched alkanes of at least 4 members (excludes halogenated alkanes) is 3. The Hall–Kier alpha value is -3.68. The second-order valence-electron chi connectivity index (χ2n) is 8.19. The molecular weight excluding hydrogens is 477 g/mol. The fourth-order valence-corrected chi connectivity index (χ4v) is 4.51. The van der Waals surface area contributed by atoms with Crippen molar-refractivity contribution in [1.29, 1.82) is 10.5 Å². The number of nitrogens with zero attached hydrogens (tertiary/aromatic N) is 3. The first-order chi connectivity index (χ1) is 17.4. The molecule has 0 fully saturated rings. The van der Waals surface area contributed by atoms with E-state index in [1.165, 1.54) is 7.11 Å². The number of methoxy groups -OCH3 is 2. The van der Waals surface area contributed by atoms with Crippen LogP contribution < -0.4 is 9.47 Å². The first kappa shape index (κ1) is 26.9. The summed E-state index contributed by atoms with van der Waals surface area (Å²) in [7, 11) is 1.21. The summed E-state index contributed by atoms with van der Waals surface area (Å²) in [5.74, 6) is 1.02. The third-order valence-corrected chi connectivity index (χ3v) is 6.57. The Morgan fingerprint density at radius 3 is 2.50 bits per heavy atom. The molecule has 0 unspecified atom stereocenters. The normalized spacial score (nSPS) is 11.4. The molecule has 9 heteroatoms. The van der Waals surface area contributed by atoms with Crippen LogP contribution in [0.1, 0.15) is 53.6 Å². The second-order valence-corrected chi connectivity index (χ2v) is 9.38. The molecule has 0 atom stereocenters. The molecule has 1 heterocycles. The predicted molar refractivity (Wildman–Crippen MR) is 140 cm³/mol. The van der Waals surface area contributed by atoms with Crippen molar-refractivity contribution in [3.8, 4) is 23.6 Å². The fourth-order valence-electron chi connectivity index (χ4n) is 4.00. The highest BCUT2D eigenvalue weighted by atomic mass is 31.2. The van der Waals surface area contributed by atoms with E-state index in [9.17, 15) is 15.3 Å². The van der Waals surface area contributed by atoms with Crippen molar-refractivity contribution in [3.63, 3.8) is 0 Å². The van der Waals surface area contributed by atoms with E-state index in [0.29, 0.717) is 64.7 Å². The SMILES string of the molecule is COc1ccc2c(/C(C#N)=C/c3cc(C#N)ccc3OC)cn(C(=O)CCCCCCP(O)O)c2c1. The van der Waals surface area contributed by atoms with Crippen LogP contribution in [0.4, 0.5) is 0 Å². The minimum atomic E-state index is -1.86. The quantitative estimate of drug-likeness (QED) is 0.201. The number of carbonyl (C=O) groups excluding carboxylic acids is 1. The molecule has 0 radical (unpaired) electrons. The largest absolute Gasteiger partial charge is 0.497 e. The summed E-state index contributed by atoms with van der Waals surface area (Å²) < 4.78 is 12.3. The van der Waals surface area contributed by atoms with Gasteiger partial charge in [-0.2, -0.15) is 10.5 Å². The molecule has 0 aliphatic heterocycles. The lowest BCUT2D eigenvalue weighted by molar-refractivity contribution is 0.0904. The van der Waals surface area contributed by atoms with E-state index in [0.717, 1.165) is 18.2 Å². The van der Waals surface area contributed by atoms with E-state index in [-0.39, 0.29) is 5.91 Å². The predicted octanol–water partition coefficient (Wildman–Crippen LogP) is 5.48. The van der Waals surface area contributed by atoms with Gasteiger partial charge in [-0.05, 0) is 49.2 Å². The number of carbonyl (C=O) groups is 1. The van der Waals surface area contributed by atoms with Gasteiger partial charge in [-0.15, -0.1) is 0 Å². The van der Waals surface area contributed by atoms with Gasteiger partial charge in [0.25, 0.3) is 0 Å². The molecule has 1 aromatic heterocycles. The smallest absolute Gasteiger partial charge is 0.231 e. The van der Waals surface area contributed by atoms with Gasteiger partial charge in [0, 0.05) is 41.4 Å². The third kappa shape index (κ3) is 6.50. The summed E-state index contributed by atoms with van der Waals surface area (Å²) in [6.07, 6.45) is 7.06. The fraction of sp³-hybridized carbons (Fsp3) is 0.296. The minimum Gasteiger partial charge on any atom is -0.497 e. The number of aromatic nitrogens is 1. The summed E-state index contributed by atoms with van der Waals surface area (Å²) in [4.78, 5) is 31.2. The molecule has 2 aromatic carbocycles. The van der Waals surface area contributed by atoms with Crippen molar-refractivity contribution in [2.45, 2.75) is 32.1 Å². The lowest BCUT2D eigenvalue weighted by Crippen LogP contribution is -2.09. The average Bonchev–Trinajstić information content (AvgIpc) is 3.27. The van der Waals surface area contributed by atoms with Crippen molar-refractivity contribution in [1.82, 2.24) is 4.57 Å². The molecule has 186 valence electrons. The van der Waals surface area contributed by atoms with Gasteiger partial charge in [0.1, 0.15) is 11.5 Å². The van der Waals surface area contributed by atoms with Gasteiger partial charge in [-0.1, -0.05) is 12.8 Å². The first-order valence-corrected chi connectivity index (χ1v) is 12.9. The maximum Gasteiger partial charge on any atom is 0.231 e. The van der Waals surface area contributed by atoms with Gasteiger partial charge in [0.05, 0.1) is 43.0 Å². The lowest BCUT2D eigenvalue weighted by atomic mass is 10.0. The molecule has 0 saturated heterocycles. The molecule has 0 aliphatic rings. The van der Waals surface area contributed by atoms with E-state index < -0.39 is 8.38 Å². The molecule has 2 N–H and O–H groups in total. The van der Waals surface area contributed by atoms with Crippen LogP contribution in [0.5, 0.6) is 11.5 Å². The molecule has 0 amide bonds. The van der Waals surface area contributed by atoms with Crippen LogP contribution >= 0.6 is 8.38 Å². The molecule has 0 saturated carbocycles. The van der Waals surface area contributed by atoms with Crippen LogP contribution in [0.3, 0.4) is 0 Å². The molecule has 0 spiro atoms. The van der Waals surface area contributed by atoms with Crippen LogP contribution in [0.15, 0.2) is 42.6 Å². The van der Waals surface area contributed by atoms with E-state index in [2.05, 4.69) is 12.1 Å². The van der Waals surface area contributed by atoms with Crippen molar-refractivity contribution in [3.05, 3.63) is 59.3 Å². The third-order valence-electron chi connectivity index (χ3n) is 5.85. The van der Waals surface area contributed by atoms with Crippen molar-refractivity contribution in [2.75, 3.05) is 20.4 Å². The highest BCUT2D eigenvalue weighted by Crippen LogP contribution is 2.33. The Labute approximate surface area is 211 Å². The van der Waals surface area contributed by atoms with E-state index in [4.69, 9.17) is 19.3 Å². The number of fused-ring (bicyclic) bond motifs is 1. The van der Waals surface area contributed by atoms with Crippen LogP contribution in [0, 0.1) is 22.7 Å². The zero-order chi connectivity index (χ0) is 26.1. The van der Waals surface area contributed by atoms with Gasteiger partial charge < -0.3 is 19.3 Å². The van der Waals surface area contributed by atoms with Crippen LogP contribution in [0.25, 0.3) is 22.6 Å². The Morgan fingerprint density at radius 1 is 1.06 bits per heavy atom. The number of ether oxygens (including phenoxy) is 2. The van der Waals surface area contributed by atoms with Crippen molar-refractivity contribution < 1.29 is 24.1 Å². The zero-order valence-electron chi connectivity index (χ0n) is 20.3.